The van der Waals surface area contributed by atoms with Crippen LogP contribution in [0.4, 0.5) is 0 Å². The third-order valence-corrected chi connectivity index (χ3v) is 5.69. The van der Waals surface area contributed by atoms with Gasteiger partial charge >= 0.3 is 0 Å². The lowest BCUT2D eigenvalue weighted by atomic mass is 9.98. The Hall–Kier alpha value is 0.0900. The molecular formula is C11H15Br2NO2S. The molecule has 96 valence electrons. The zero-order valence-corrected chi connectivity index (χ0v) is 13.7. The van der Waals surface area contributed by atoms with Crippen molar-refractivity contribution in [1.29, 1.82) is 0 Å². The third kappa shape index (κ3) is 4.69. The van der Waals surface area contributed by atoms with Crippen molar-refractivity contribution in [3.8, 4) is 0 Å². The Bertz CT molecular complexity index is 469. The van der Waals surface area contributed by atoms with E-state index in [1.807, 2.05) is 13.8 Å². The Balaban J connectivity index is 2.79. The van der Waals surface area contributed by atoms with Gasteiger partial charge in [0.05, 0.1) is 4.90 Å². The van der Waals surface area contributed by atoms with Crippen molar-refractivity contribution in [1.82, 2.24) is 4.72 Å². The Morgan fingerprint density at radius 2 is 1.76 bits per heavy atom. The maximum Gasteiger partial charge on any atom is 0.240 e. The molecule has 3 nitrogen and oxygen atoms in total. The van der Waals surface area contributed by atoms with Crippen LogP contribution in [0.2, 0.25) is 0 Å². The summed E-state index contributed by atoms with van der Waals surface area (Å²) in [5.41, 5.74) is -0.109. The Kier molecular flexibility index (Phi) is 5.19. The van der Waals surface area contributed by atoms with Crippen LogP contribution in [0.5, 0.6) is 0 Å². The summed E-state index contributed by atoms with van der Waals surface area (Å²) in [6.45, 7) is 4.38. The van der Waals surface area contributed by atoms with Gasteiger partial charge in [0.1, 0.15) is 0 Å². The molecule has 0 aliphatic rings. The molecule has 1 N–H and O–H groups in total. The smallest absolute Gasteiger partial charge is 0.211 e. The van der Waals surface area contributed by atoms with Crippen molar-refractivity contribution in [2.45, 2.75) is 18.7 Å². The minimum absolute atomic E-state index is 0.109. The summed E-state index contributed by atoms with van der Waals surface area (Å²) >= 11 is 6.64. The van der Waals surface area contributed by atoms with Crippen LogP contribution in [-0.2, 0) is 10.0 Å². The van der Waals surface area contributed by atoms with Crippen LogP contribution in [0.15, 0.2) is 33.6 Å². The number of halogens is 2. The van der Waals surface area contributed by atoms with Gasteiger partial charge in [-0.1, -0.05) is 45.7 Å². The first-order valence-electron chi connectivity index (χ1n) is 5.08. The molecule has 0 aliphatic heterocycles. The molecule has 0 saturated carbocycles. The maximum atomic E-state index is 12.0. The van der Waals surface area contributed by atoms with Crippen molar-refractivity contribution in [2.75, 3.05) is 11.9 Å². The average molecular weight is 385 g/mol. The summed E-state index contributed by atoms with van der Waals surface area (Å²) in [6.07, 6.45) is 0. The van der Waals surface area contributed by atoms with Gasteiger partial charge in [0, 0.05) is 16.3 Å². The molecule has 0 amide bonds. The Labute approximate surface area is 119 Å². The van der Waals surface area contributed by atoms with Crippen molar-refractivity contribution >= 4 is 41.9 Å². The third-order valence-electron chi connectivity index (χ3n) is 2.23. The van der Waals surface area contributed by atoms with Gasteiger partial charge in [-0.05, 0) is 29.7 Å². The van der Waals surface area contributed by atoms with E-state index in [4.69, 9.17) is 0 Å². The summed E-state index contributed by atoms with van der Waals surface area (Å²) in [4.78, 5) is 0.283. The van der Waals surface area contributed by atoms with Gasteiger partial charge in [0.2, 0.25) is 10.0 Å². The van der Waals surface area contributed by atoms with Crippen molar-refractivity contribution in [2.24, 2.45) is 5.41 Å². The lowest BCUT2D eigenvalue weighted by molar-refractivity contribution is 0.420. The topological polar surface area (TPSA) is 46.2 Å². The molecule has 0 fully saturated rings. The number of rotatable bonds is 5. The molecule has 0 bridgehead atoms. The molecule has 0 spiro atoms. The first-order valence-corrected chi connectivity index (χ1v) is 8.48. The number of benzene rings is 1. The summed E-state index contributed by atoms with van der Waals surface area (Å²) in [7, 11) is -3.41. The predicted octanol–water partition coefficient (Wildman–Crippen LogP) is 3.15. The van der Waals surface area contributed by atoms with E-state index in [0.717, 1.165) is 9.80 Å². The molecule has 0 heterocycles. The first kappa shape index (κ1) is 15.1. The summed E-state index contributed by atoms with van der Waals surface area (Å²) < 4.78 is 27.4. The van der Waals surface area contributed by atoms with E-state index in [0.29, 0.717) is 6.54 Å². The normalized spacial score (nSPS) is 12.7. The van der Waals surface area contributed by atoms with E-state index in [1.165, 1.54) is 0 Å². The Morgan fingerprint density at radius 3 is 2.24 bits per heavy atom. The van der Waals surface area contributed by atoms with Crippen molar-refractivity contribution in [3.63, 3.8) is 0 Å². The van der Waals surface area contributed by atoms with E-state index in [-0.39, 0.29) is 10.3 Å². The highest BCUT2D eigenvalue weighted by Gasteiger charge is 2.21. The lowest BCUT2D eigenvalue weighted by Crippen LogP contribution is -2.34. The molecule has 0 radical (unpaired) electrons. The predicted molar refractivity (Wildman–Crippen MR) is 76.9 cm³/mol. The fourth-order valence-electron chi connectivity index (χ4n) is 1.03. The largest absolute Gasteiger partial charge is 0.240 e. The highest BCUT2D eigenvalue weighted by atomic mass is 79.9. The van der Waals surface area contributed by atoms with Crippen LogP contribution in [0, 0.1) is 5.41 Å². The van der Waals surface area contributed by atoms with Gasteiger partial charge in [-0.3, -0.25) is 0 Å². The Morgan fingerprint density at radius 1 is 1.24 bits per heavy atom. The van der Waals surface area contributed by atoms with Gasteiger partial charge in [-0.2, -0.15) is 0 Å². The quantitative estimate of drug-likeness (QED) is 0.792. The highest BCUT2D eigenvalue weighted by Crippen LogP contribution is 2.19. The fraction of sp³-hybridized carbons (Fsp3) is 0.455. The van der Waals surface area contributed by atoms with Crippen molar-refractivity contribution < 1.29 is 8.42 Å². The molecule has 0 unspecified atom stereocenters. The number of nitrogens with one attached hydrogen (secondary N) is 1. The second-order valence-electron chi connectivity index (χ2n) is 4.58. The second-order valence-corrected chi connectivity index (χ2v) is 7.82. The molecule has 1 aromatic rings. The van der Waals surface area contributed by atoms with Crippen LogP contribution >= 0.6 is 31.9 Å². The highest BCUT2D eigenvalue weighted by molar-refractivity contribution is 9.10. The summed E-state index contributed by atoms with van der Waals surface area (Å²) in [5, 5.41) is 0.739. The number of sulfonamides is 1. The van der Waals surface area contributed by atoms with Crippen LogP contribution in [0.3, 0.4) is 0 Å². The molecule has 0 aliphatic carbocycles. The van der Waals surface area contributed by atoms with Crippen LogP contribution < -0.4 is 4.72 Å². The monoisotopic (exact) mass is 383 g/mol. The van der Waals surface area contributed by atoms with Crippen molar-refractivity contribution in [3.05, 3.63) is 28.7 Å². The molecule has 0 aromatic heterocycles. The van der Waals surface area contributed by atoms with Gasteiger partial charge in [0.15, 0.2) is 0 Å². The molecule has 0 atom stereocenters. The van der Waals surface area contributed by atoms with E-state index in [1.54, 1.807) is 24.3 Å². The number of hydrogen-bond donors (Lipinski definition) is 1. The van der Waals surface area contributed by atoms with Gasteiger partial charge in [0.25, 0.3) is 0 Å². The molecule has 1 aromatic carbocycles. The second kappa shape index (κ2) is 5.82. The summed E-state index contributed by atoms with van der Waals surface area (Å²) in [6, 6.07) is 6.58. The lowest BCUT2D eigenvalue weighted by Gasteiger charge is -2.21. The first-order chi connectivity index (χ1) is 7.77. The molecule has 0 saturated heterocycles. The number of alkyl halides is 1. The molecule has 6 heteroatoms. The molecular weight excluding hydrogens is 370 g/mol. The van der Waals surface area contributed by atoms with Gasteiger partial charge in [-0.25, -0.2) is 13.1 Å². The van der Waals surface area contributed by atoms with E-state index in [9.17, 15) is 8.42 Å². The zero-order valence-electron chi connectivity index (χ0n) is 9.70. The average Bonchev–Trinajstić information content (AvgIpc) is 2.27. The summed E-state index contributed by atoms with van der Waals surface area (Å²) in [5.74, 6) is 0. The van der Waals surface area contributed by atoms with Gasteiger partial charge < -0.3 is 0 Å². The van der Waals surface area contributed by atoms with Crippen LogP contribution in [-0.4, -0.2) is 20.3 Å². The van der Waals surface area contributed by atoms with E-state index < -0.39 is 10.0 Å². The molecule has 17 heavy (non-hydrogen) atoms. The van der Waals surface area contributed by atoms with E-state index in [2.05, 4.69) is 36.6 Å². The minimum atomic E-state index is -3.41. The van der Waals surface area contributed by atoms with Crippen LogP contribution in [0.25, 0.3) is 0 Å². The SMILES string of the molecule is CC(C)(CBr)CNS(=O)(=O)c1ccc(Br)cc1. The molecule has 1 rings (SSSR count). The van der Waals surface area contributed by atoms with E-state index >= 15 is 0 Å². The number of hydrogen-bond acceptors (Lipinski definition) is 2. The minimum Gasteiger partial charge on any atom is -0.211 e. The zero-order chi connectivity index (χ0) is 13.1. The van der Waals surface area contributed by atoms with Gasteiger partial charge in [-0.15, -0.1) is 0 Å². The standard InChI is InChI=1S/C11H15Br2NO2S/c1-11(2,7-12)8-14-17(15,16)10-5-3-9(13)4-6-10/h3-6,14H,7-8H2,1-2H3. The maximum absolute atomic E-state index is 12.0. The van der Waals surface area contributed by atoms with Crippen LogP contribution in [0.1, 0.15) is 13.8 Å². The fourth-order valence-corrected chi connectivity index (χ4v) is 2.74.